The molecule has 0 heterocycles. The van der Waals surface area contributed by atoms with E-state index in [0.717, 1.165) is 12.8 Å². The van der Waals surface area contributed by atoms with Crippen LogP contribution in [0.1, 0.15) is 71.0 Å². The van der Waals surface area contributed by atoms with E-state index in [2.05, 4.69) is 23.1 Å². The fourth-order valence-corrected chi connectivity index (χ4v) is 3.66. The second-order valence-electron chi connectivity index (χ2n) is 9.48. The molecule has 0 aromatic heterocycles. The van der Waals surface area contributed by atoms with E-state index >= 15 is 0 Å². The number of hydrogen-bond donors (Lipinski definition) is 3. The van der Waals surface area contributed by atoms with E-state index in [-0.39, 0.29) is 12.6 Å². The minimum absolute atomic E-state index is 0.0662. The van der Waals surface area contributed by atoms with E-state index in [1.54, 1.807) is 45.0 Å². The molecular weight excluding hydrogens is 460 g/mol. The lowest BCUT2D eigenvalue weighted by atomic mass is 9.96. The number of nitrogens with two attached hydrogens (primary N) is 1. The highest BCUT2D eigenvalue weighted by atomic mass is 16.6. The van der Waals surface area contributed by atoms with Crippen LogP contribution in [0.25, 0.3) is 0 Å². The van der Waals surface area contributed by atoms with Crippen LogP contribution < -0.4 is 16.4 Å². The van der Waals surface area contributed by atoms with Crippen LogP contribution in [-0.2, 0) is 19.1 Å². The Labute approximate surface area is 213 Å². The van der Waals surface area contributed by atoms with Crippen LogP contribution in [0.15, 0.2) is 36.9 Å². The van der Waals surface area contributed by atoms with E-state index in [0.29, 0.717) is 11.1 Å². The van der Waals surface area contributed by atoms with Gasteiger partial charge in [-0.15, -0.1) is 13.0 Å². The molecule has 0 saturated heterocycles. The van der Waals surface area contributed by atoms with Crippen LogP contribution in [0.5, 0.6) is 0 Å². The maximum Gasteiger partial charge on any atom is 0.408 e. The molecule has 0 radical (unpaired) electrons. The zero-order valence-corrected chi connectivity index (χ0v) is 21.8. The average molecular weight is 499 g/mol. The zero-order chi connectivity index (χ0) is 27.5. The summed E-state index contributed by atoms with van der Waals surface area (Å²) in [5, 5.41) is 5.36. The molecule has 1 aromatic rings. The van der Waals surface area contributed by atoms with Crippen LogP contribution in [0.2, 0.25) is 0 Å². The van der Waals surface area contributed by atoms with Gasteiger partial charge in [0.05, 0.1) is 6.42 Å². The zero-order valence-electron chi connectivity index (χ0n) is 21.8. The summed E-state index contributed by atoms with van der Waals surface area (Å²) in [4.78, 5) is 52.8. The van der Waals surface area contributed by atoms with Gasteiger partial charge in [0.2, 0.25) is 17.7 Å². The normalized spacial score (nSPS) is 13.3. The number of rotatable bonds is 12. The van der Waals surface area contributed by atoms with Crippen molar-refractivity contribution in [1.82, 2.24) is 15.5 Å². The van der Waals surface area contributed by atoms with E-state index in [4.69, 9.17) is 16.9 Å². The Balaban J connectivity index is 3.54. The standard InChI is InChI=1S/C27H38N4O5/c1-8-13-18(4)29-24(33)23(20-15-12-11-14-19(20)10-3)31(16-9-2)25(34)21(17-22(28)32)30-26(35)36-27(5,6)7/h3,9,11-12,14-15,18,21,23H,2,8,13,16-17H2,1,4-7H3,(H2,28,32)(H,29,33)(H,30,35). The van der Waals surface area contributed by atoms with E-state index in [9.17, 15) is 19.2 Å². The molecular formula is C27H38N4O5. The first-order valence-corrected chi connectivity index (χ1v) is 11.9. The number of nitrogens with one attached hydrogen (secondary N) is 2. The molecule has 9 nitrogen and oxygen atoms in total. The Morgan fingerprint density at radius 3 is 2.39 bits per heavy atom. The van der Waals surface area contributed by atoms with Crippen molar-refractivity contribution in [2.75, 3.05) is 6.54 Å². The van der Waals surface area contributed by atoms with Crippen LogP contribution in [0.3, 0.4) is 0 Å². The third kappa shape index (κ3) is 9.45. The van der Waals surface area contributed by atoms with Gasteiger partial charge in [0.1, 0.15) is 17.7 Å². The summed E-state index contributed by atoms with van der Waals surface area (Å²) in [5.74, 6) is 0.574. The van der Waals surface area contributed by atoms with Gasteiger partial charge in [-0.25, -0.2) is 4.79 Å². The molecule has 3 atom stereocenters. The second-order valence-corrected chi connectivity index (χ2v) is 9.48. The minimum Gasteiger partial charge on any atom is -0.444 e. The number of hydrogen-bond acceptors (Lipinski definition) is 5. The van der Waals surface area contributed by atoms with Gasteiger partial charge in [0, 0.05) is 18.2 Å². The largest absolute Gasteiger partial charge is 0.444 e. The van der Waals surface area contributed by atoms with Crippen molar-refractivity contribution < 1.29 is 23.9 Å². The summed E-state index contributed by atoms with van der Waals surface area (Å²) in [6.45, 7) is 12.5. The number of amides is 4. The third-order valence-corrected chi connectivity index (χ3v) is 5.08. The van der Waals surface area contributed by atoms with Gasteiger partial charge in [-0.2, -0.15) is 0 Å². The number of primary amides is 1. The van der Waals surface area contributed by atoms with E-state index < -0.39 is 47.9 Å². The fourth-order valence-electron chi connectivity index (χ4n) is 3.66. The SMILES string of the molecule is C#Cc1ccccc1C(C(=O)NC(C)CCC)N(CC=C)C(=O)C(CC(N)=O)NC(=O)OC(C)(C)C. The van der Waals surface area contributed by atoms with Crippen molar-refractivity contribution in [3.63, 3.8) is 0 Å². The highest BCUT2D eigenvalue weighted by molar-refractivity contribution is 5.95. The lowest BCUT2D eigenvalue weighted by Gasteiger charge is -2.34. The molecule has 3 unspecified atom stereocenters. The number of terminal acetylenes is 1. The molecule has 4 N–H and O–H groups in total. The molecule has 1 rings (SSSR count). The molecule has 0 saturated carbocycles. The van der Waals surface area contributed by atoms with Crippen molar-refractivity contribution in [1.29, 1.82) is 0 Å². The van der Waals surface area contributed by atoms with Gasteiger partial charge in [-0.1, -0.05) is 43.5 Å². The molecule has 196 valence electrons. The monoisotopic (exact) mass is 498 g/mol. The maximum atomic E-state index is 13.8. The summed E-state index contributed by atoms with van der Waals surface area (Å²) in [6, 6.07) is 4.08. The quantitative estimate of drug-likeness (QED) is 0.301. The van der Waals surface area contributed by atoms with Crippen molar-refractivity contribution in [2.45, 2.75) is 77.6 Å². The maximum absolute atomic E-state index is 13.8. The summed E-state index contributed by atoms with van der Waals surface area (Å²) < 4.78 is 5.25. The first-order valence-electron chi connectivity index (χ1n) is 11.9. The molecule has 0 bridgehead atoms. The smallest absolute Gasteiger partial charge is 0.408 e. The van der Waals surface area contributed by atoms with E-state index in [1.165, 1.54) is 11.0 Å². The van der Waals surface area contributed by atoms with Gasteiger partial charge in [-0.3, -0.25) is 14.4 Å². The predicted octanol–water partition coefficient (Wildman–Crippen LogP) is 2.80. The van der Waals surface area contributed by atoms with Crippen molar-refractivity contribution in [2.24, 2.45) is 5.73 Å². The summed E-state index contributed by atoms with van der Waals surface area (Å²) >= 11 is 0. The Morgan fingerprint density at radius 1 is 1.22 bits per heavy atom. The molecule has 0 aliphatic heterocycles. The lowest BCUT2D eigenvalue weighted by molar-refractivity contribution is -0.143. The Bertz CT molecular complexity index is 993. The van der Waals surface area contributed by atoms with Crippen molar-refractivity contribution in [3.05, 3.63) is 48.0 Å². The van der Waals surface area contributed by atoms with E-state index in [1.807, 2.05) is 13.8 Å². The molecule has 0 aliphatic rings. The van der Waals surface area contributed by atoms with Gasteiger partial charge in [-0.05, 0) is 45.7 Å². The van der Waals surface area contributed by atoms with Crippen molar-refractivity contribution >= 4 is 23.8 Å². The predicted molar refractivity (Wildman–Crippen MR) is 139 cm³/mol. The minimum atomic E-state index is -1.38. The summed E-state index contributed by atoms with van der Waals surface area (Å²) in [7, 11) is 0. The number of nitrogens with zero attached hydrogens (tertiary/aromatic N) is 1. The van der Waals surface area contributed by atoms with Crippen LogP contribution in [-0.4, -0.2) is 52.9 Å². The fraction of sp³-hybridized carbons (Fsp3) is 0.481. The van der Waals surface area contributed by atoms with Crippen LogP contribution >= 0.6 is 0 Å². The second kappa shape index (κ2) is 13.9. The molecule has 9 heteroatoms. The highest BCUT2D eigenvalue weighted by Gasteiger charge is 2.37. The first-order chi connectivity index (χ1) is 16.8. The number of carbonyl (C=O) groups excluding carboxylic acids is 4. The van der Waals surface area contributed by atoms with Crippen molar-refractivity contribution in [3.8, 4) is 12.3 Å². The molecule has 0 aliphatic carbocycles. The van der Waals surface area contributed by atoms with Gasteiger partial charge in [0.25, 0.3) is 0 Å². The Kier molecular flexibility index (Phi) is 11.7. The van der Waals surface area contributed by atoms with Crippen LogP contribution in [0.4, 0.5) is 4.79 Å². The van der Waals surface area contributed by atoms with Crippen LogP contribution in [0, 0.1) is 12.3 Å². The first kappa shape index (κ1) is 30.2. The molecule has 4 amide bonds. The number of carbonyl (C=O) groups is 4. The molecule has 0 spiro atoms. The highest BCUT2D eigenvalue weighted by Crippen LogP contribution is 2.26. The number of benzene rings is 1. The molecule has 0 fully saturated rings. The lowest BCUT2D eigenvalue weighted by Crippen LogP contribution is -2.54. The number of ether oxygens (including phenoxy) is 1. The van der Waals surface area contributed by atoms with Gasteiger partial charge >= 0.3 is 6.09 Å². The molecule has 36 heavy (non-hydrogen) atoms. The summed E-state index contributed by atoms with van der Waals surface area (Å²) in [5.41, 5.74) is 5.38. The van der Waals surface area contributed by atoms with Gasteiger partial charge in [0.15, 0.2) is 0 Å². The Morgan fingerprint density at radius 2 is 1.86 bits per heavy atom. The topological polar surface area (TPSA) is 131 Å². The third-order valence-electron chi connectivity index (χ3n) is 5.08. The average Bonchev–Trinajstić information content (AvgIpc) is 2.76. The number of alkyl carbamates (subject to hydrolysis) is 1. The summed E-state index contributed by atoms with van der Waals surface area (Å²) in [6.07, 6.45) is 7.33. The Hall–Kier alpha value is -3.80. The van der Waals surface area contributed by atoms with Gasteiger partial charge < -0.3 is 26.0 Å². The molecule has 1 aromatic carbocycles.